The second kappa shape index (κ2) is 5.42. The van der Waals surface area contributed by atoms with Gasteiger partial charge in [-0.1, -0.05) is 11.6 Å². The molecule has 1 aliphatic rings. The van der Waals surface area contributed by atoms with Gasteiger partial charge in [0, 0.05) is 26.2 Å². The van der Waals surface area contributed by atoms with Crippen LogP contribution in [0, 0.1) is 5.82 Å². The summed E-state index contributed by atoms with van der Waals surface area (Å²) in [7, 11) is 0. The molecule has 2 nitrogen and oxygen atoms in total. The minimum absolute atomic E-state index is 0.0563. The van der Waals surface area contributed by atoms with Crippen LogP contribution in [0.25, 0.3) is 0 Å². The Bertz CT molecular complexity index is 390. The Morgan fingerprint density at radius 2 is 1.88 bits per heavy atom. The zero-order chi connectivity index (χ0) is 12.4. The summed E-state index contributed by atoms with van der Waals surface area (Å²) in [4.78, 5) is 4.37. The Balaban J connectivity index is 2.05. The van der Waals surface area contributed by atoms with Crippen LogP contribution in [0.1, 0.15) is 6.92 Å². The van der Waals surface area contributed by atoms with Gasteiger partial charge in [-0.25, -0.2) is 4.39 Å². The van der Waals surface area contributed by atoms with E-state index in [4.69, 9.17) is 23.2 Å². The molecule has 1 atom stereocenters. The second-order valence-electron chi connectivity index (χ2n) is 4.19. The van der Waals surface area contributed by atoms with Gasteiger partial charge < -0.3 is 4.90 Å². The molecular weight excluding hydrogens is 262 g/mol. The maximum absolute atomic E-state index is 13.0. The van der Waals surface area contributed by atoms with E-state index >= 15 is 0 Å². The molecule has 0 saturated carbocycles. The molecule has 1 aromatic rings. The first-order valence-corrected chi connectivity index (χ1v) is 6.47. The molecule has 1 heterocycles. The number of benzene rings is 1. The van der Waals surface area contributed by atoms with E-state index in [9.17, 15) is 4.39 Å². The normalized spacial score (nSPS) is 19.4. The lowest BCUT2D eigenvalue weighted by Gasteiger charge is -2.37. The zero-order valence-corrected chi connectivity index (χ0v) is 11.2. The fraction of sp³-hybridized carbons (Fsp3) is 0.500. The molecule has 1 aliphatic heterocycles. The molecule has 0 spiro atoms. The lowest BCUT2D eigenvalue weighted by Crippen LogP contribution is -2.48. The van der Waals surface area contributed by atoms with E-state index in [-0.39, 0.29) is 11.3 Å². The van der Waals surface area contributed by atoms with Gasteiger partial charge in [0.25, 0.3) is 0 Å². The number of nitrogens with zero attached hydrogens (tertiary/aromatic N) is 2. The summed E-state index contributed by atoms with van der Waals surface area (Å²) < 4.78 is 13.0. The molecule has 0 amide bonds. The van der Waals surface area contributed by atoms with Crippen molar-refractivity contribution in [2.45, 2.75) is 12.4 Å². The van der Waals surface area contributed by atoms with Crippen molar-refractivity contribution in [2.75, 3.05) is 31.1 Å². The van der Waals surface area contributed by atoms with Crippen LogP contribution in [0.3, 0.4) is 0 Å². The third-order valence-electron chi connectivity index (χ3n) is 3.07. The van der Waals surface area contributed by atoms with Crippen molar-refractivity contribution >= 4 is 28.9 Å². The number of piperazine rings is 1. The number of alkyl halides is 1. The van der Waals surface area contributed by atoms with Gasteiger partial charge in [-0.05, 0) is 25.1 Å². The number of hydrogen-bond acceptors (Lipinski definition) is 2. The average Bonchev–Trinajstić information content (AvgIpc) is 2.29. The summed E-state index contributed by atoms with van der Waals surface area (Å²) in [5, 5.41) is 0.470. The van der Waals surface area contributed by atoms with E-state index in [0.29, 0.717) is 5.02 Å². The Morgan fingerprint density at radius 1 is 1.24 bits per heavy atom. The van der Waals surface area contributed by atoms with Crippen LogP contribution in [0.15, 0.2) is 18.2 Å². The van der Waals surface area contributed by atoms with Gasteiger partial charge in [-0.3, -0.25) is 4.90 Å². The van der Waals surface area contributed by atoms with Gasteiger partial charge in [-0.15, -0.1) is 11.6 Å². The number of rotatable bonds is 2. The van der Waals surface area contributed by atoms with E-state index in [0.717, 1.165) is 31.9 Å². The highest BCUT2D eigenvalue weighted by Crippen LogP contribution is 2.27. The van der Waals surface area contributed by atoms with E-state index in [1.807, 2.05) is 6.92 Å². The van der Waals surface area contributed by atoms with Crippen LogP contribution in [0.5, 0.6) is 0 Å². The van der Waals surface area contributed by atoms with Crippen molar-refractivity contribution in [3.8, 4) is 0 Å². The number of anilines is 1. The van der Waals surface area contributed by atoms with E-state index in [1.165, 1.54) is 12.1 Å². The topological polar surface area (TPSA) is 6.48 Å². The van der Waals surface area contributed by atoms with Gasteiger partial charge in [-0.2, -0.15) is 0 Å². The third kappa shape index (κ3) is 3.03. The first kappa shape index (κ1) is 12.9. The summed E-state index contributed by atoms with van der Waals surface area (Å²) in [6, 6.07) is 4.53. The lowest BCUT2D eigenvalue weighted by molar-refractivity contribution is 0.247. The van der Waals surface area contributed by atoms with Gasteiger partial charge >= 0.3 is 0 Å². The molecule has 17 heavy (non-hydrogen) atoms. The monoisotopic (exact) mass is 276 g/mol. The quantitative estimate of drug-likeness (QED) is 0.605. The molecule has 1 unspecified atom stereocenters. The van der Waals surface area contributed by atoms with Gasteiger partial charge in [0.2, 0.25) is 0 Å². The molecule has 1 fully saturated rings. The number of halogens is 3. The Kier molecular flexibility index (Phi) is 4.13. The maximum atomic E-state index is 13.0. The molecule has 0 bridgehead atoms. The third-order valence-corrected chi connectivity index (χ3v) is 3.65. The maximum Gasteiger partial charge on any atom is 0.124 e. The summed E-state index contributed by atoms with van der Waals surface area (Å²) in [6.45, 7) is 5.50. The van der Waals surface area contributed by atoms with Crippen molar-refractivity contribution in [3.63, 3.8) is 0 Å². The van der Waals surface area contributed by atoms with Crippen molar-refractivity contribution in [1.29, 1.82) is 0 Å². The average molecular weight is 277 g/mol. The molecule has 1 saturated heterocycles. The van der Waals surface area contributed by atoms with Crippen molar-refractivity contribution in [1.82, 2.24) is 4.90 Å². The smallest absolute Gasteiger partial charge is 0.124 e. The van der Waals surface area contributed by atoms with E-state index < -0.39 is 0 Å². The summed E-state index contributed by atoms with van der Waals surface area (Å²) in [6.07, 6.45) is 0. The van der Waals surface area contributed by atoms with Crippen LogP contribution >= 0.6 is 23.2 Å². The van der Waals surface area contributed by atoms with Crippen LogP contribution in [0.4, 0.5) is 10.1 Å². The van der Waals surface area contributed by atoms with E-state index in [1.54, 1.807) is 6.07 Å². The predicted molar refractivity (Wildman–Crippen MR) is 70.5 cm³/mol. The standard InChI is InChI=1S/C12H15Cl2FN2/c1-9(13)16-4-6-17(7-5-16)12-3-2-10(15)8-11(12)14/h2-3,8-9H,4-7H2,1H3. The highest BCUT2D eigenvalue weighted by atomic mass is 35.5. The molecule has 0 aliphatic carbocycles. The fourth-order valence-electron chi connectivity index (χ4n) is 2.06. The van der Waals surface area contributed by atoms with Gasteiger partial charge in [0.1, 0.15) is 5.82 Å². The molecule has 0 N–H and O–H groups in total. The Hall–Kier alpha value is -0.510. The lowest BCUT2D eigenvalue weighted by atomic mass is 10.2. The van der Waals surface area contributed by atoms with Crippen LogP contribution in [-0.4, -0.2) is 36.6 Å². The Labute approximate surface area is 111 Å². The molecule has 0 aromatic heterocycles. The van der Waals surface area contributed by atoms with Crippen LogP contribution < -0.4 is 4.90 Å². The highest BCUT2D eigenvalue weighted by Gasteiger charge is 2.21. The summed E-state index contributed by atoms with van der Waals surface area (Å²) in [5.74, 6) is -0.299. The molecule has 94 valence electrons. The number of hydrogen-bond donors (Lipinski definition) is 0. The molecule has 1 aromatic carbocycles. The minimum Gasteiger partial charge on any atom is -0.368 e. The summed E-state index contributed by atoms with van der Waals surface area (Å²) >= 11 is 12.1. The molecule has 2 rings (SSSR count). The predicted octanol–water partition coefficient (Wildman–Crippen LogP) is 3.19. The first-order chi connectivity index (χ1) is 8.08. The molecule has 0 radical (unpaired) electrons. The first-order valence-electron chi connectivity index (χ1n) is 5.66. The van der Waals surface area contributed by atoms with Crippen molar-refractivity contribution in [3.05, 3.63) is 29.0 Å². The minimum atomic E-state index is -0.299. The SMILES string of the molecule is CC(Cl)N1CCN(c2ccc(F)cc2Cl)CC1. The largest absolute Gasteiger partial charge is 0.368 e. The van der Waals surface area contributed by atoms with Gasteiger partial charge in [0.05, 0.1) is 16.2 Å². The van der Waals surface area contributed by atoms with Gasteiger partial charge in [0.15, 0.2) is 0 Å². The van der Waals surface area contributed by atoms with Crippen molar-refractivity contribution < 1.29 is 4.39 Å². The zero-order valence-electron chi connectivity index (χ0n) is 9.67. The molecular formula is C12H15Cl2FN2. The second-order valence-corrected chi connectivity index (χ2v) is 5.23. The highest BCUT2D eigenvalue weighted by molar-refractivity contribution is 6.33. The Morgan fingerprint density at radius 3 is 2.41 bits per heavy atom. The van der Waals surface area contributed by atoms with E-state index in [2.05, 4.69) is 9.80 Å². The fourth-order valence-corrected chi connectivity index (χ4v) is 2.54. The van der Waals surface area contributed by atoms with Crippen LogP contribution in [-0.2, 0) is 0 Å². The van der Waals surface area contributed by atoms with Crippen molar-refractivity contribution in [2.24, 2.45) is 0 Å². The van der Waals surface area contributed by atoms with Crippen LogP contribution in [0.2, 0.25) is 5.02 Å². The molecule has 5 heteroatoms. The summed E-state index contributed by atoms with van der Waals surface area (Å²) in [5.41, 5.74) is 0.954.